The molecule has 1 aliphatic rings. The van der Waals surface area contributed by atoms with E-state index in [4.69, 9.17) is 0 Å². The van der Waals surface area contributed by atoms with Gasteiger partial charge in [0.15, 0.2) is 0 Å². The first kappa shape index (κ1) is 12.3. The number of amides is 1. The zero-order valence-electron chi connectivity index (χ0n) is 9.92. The molecule has 1 heterocycles. The predicted octanol–water partition coefficient (Wildman–Crippen LogP) is 1.07. The lowest BCUT2D eigenvalue weighted by Gasteiger charge is -2.14. The average molecular weight is 250 g/mol. The van der Waals surface area contributed by atoms with E-state index in [2.05, 4.69) is 15.6 Å². The van der Waals surface area contributed by atoms with Gasteiger partial charge >= 0.3 is 5.69 Å². The van der Waals surface area contributed by atoms with Gasteiger partial charge in [0.05, 0.1) is 4.92 Å². The van der Waals surface area contributed by atoms with Gasteiger partial charge in [-0.05, 0) is 25.8 Å². The Balaban J connectivity index is 2.03. The van der Waals surface area contributed by atoms with Crippen molar-refractivity contribution in [3.05, 3.63) is 28.6 Å². The molecular formula is C11H14N4O3. The Kier molecular flexibility index (Phi) is 3.40. The molecule has 1 aliphatic carbocycles. The van der Waals surface area contributed by atoms with E-state index in [0.29, 0.717) is 5.69 Å². The molecule has 2 N–H and O–H groups in total. The van der Waals surface area contributed by atoms with Crippen molar-refractivity contribution in [2.24, 2.45) is 0 Å². The van der Waals surface area contributed by atoms with E-state index >= 15 is 0 Å². The van der Waals surface area contributed by atoms with Crippen molar-refractivity contribution >= 4 is 17.3 Å². The van der Waals surface area contributed by atoms with Crippen LogP contribution in [0.5, 0.6) is 0 Å². The molecule has 0 spiro atoms. The molecule has 0 radical (unpaired) electrons. The first-order valence-electron chi connectivity index (χ1n) is 5.73. The van der Waals surface area contributed by atoms with E-state index < -0.39 is 11.0 Å². The Labute approximate surface area is 104 Å². The number of nitrogens with one attached hydrogen (secondary N) is 2. The third kappa shape index (κ3) is 2.93. The number of pyridine rings is 1. The van der Waals surface area contributed by atoms with Gasteiger partial charge in [0.25, 0.3) is 0 Å². The summed E-state index contributed by atoms with van der Waals surface area (Å²) in [6.07, 6.45) is 4.62. The normalized spacial score (nSPS) is 15.8. The molecule has 7 heteroatoms. The molecule has 1 aromatic rings. The van der Waals surface area contributed by atoms with Gasteiger partial charge in [-0.25, -0.2) is 0 Å². The minimum atomic E-state index is -0.527. The van der Waals surface area contributed by atoms with Crippen LogP contribution in [0.1, 0.15) is 19.8 Å². The molecule has 0 aliphatic heterocycles. The quantitative estimate of drug-likeness (QED) is 0.601. The molecule has 0 bridgehead atoms. The van der Waals surface area contributed by atoms with Crippen LogP contribution in [-0.2, 0) is 4.79 Å². The zero-order chi connectivity index (χ0) is 13.1. The molecular weight excluding hydrogens is 236 g/mol. The lowest BCUT2D eigenvalue weighted by Crippen LogP contribution is -2.38. The number of carbonyl (C=O) groups is 1. The largest absolute Gasteiger partial charge is 0.368 e. The molecule has 0 saturated heterocycles. The SMILES string of the molecule is CC(Nc1ccncc1[N+](=O)[O-])C(=O)NC1CC1. The summed E-state index contributed by atoms with van der Waals surface area (Å²) in [6, 6.07) is 1.24. The molecule has 2 rings (SSSR count). The van der Waals surface area contributed by atoms with Crippen molar-refractivity contribution in [3.8, 4) is 0 Å². The number of anilines is 1. The van der Waals surface area contributed by atoms with Crippen molar-refractivity contribution < 1.29 is 9.72 Å². The number of nitro groups is 1. The minimum Gasteiger partial charge on any atom is -0.368 e. The maximum Gasteiger partial charge on any atom is 0.310 e. The molecule has 1 amide bonds. The number of aromatic nitrogens is 1. The molecule has 7 nitrogen and oxygen atoms in total. The number of hydrogen-bond donors (Lipinski definition) is 2. The van der Waals surface area contributed by atoms with E-state index in [1.54, 1.807) is 6.92 Å². The monoisotopic (exact) mass is 250 g/mol. The average Bonchev–Trinajstić information content (AvgIpc) is 3.13. The van der Waals surface area contributed by atoms with Crippen LogP contribution in [0.4, 0.5) is 11.4 Å². The van der Waals surface area contributed by atoms with Crippen LogP contribution >= 0.6 is 0 Å². The van der Waals surface area contributed by atoms with E-state index in [1.807, 2.05) is 0 Å². The van der Waals surface area contributed by atoms with Crippen molar-refractivity contribution in [2.75, 3.05) is 5.32 Å². The zero-order valence-corrected chi connectivity index (χ0v) is 9.92. The molecule has 1 unspecified atom stereocenters. The highest BCUT2D eigenvalue weighted by Gasteiger charge is 2.26. The van der Waals surface area contributed by atoms with E-state index in [-0.39, 0.29) is 17.6 Å². The Morgan fingerprint density at radius 1 is 1.61 bits per heavy atom. The van der Waals surface area contributed by atoms with Gasteiger partial charge in [-0.3, -0.25) is 19.9 Å². The summed E-state index contributed by atoms with van der Waals surface area (Å²) in [5.41, 5.74) is 0.164. The van der Waals surface area contributed by atoms with Gasteiger partial charge < -0.3 is 10.6 Å². The maximum atomic E-state index is 11.7. The van der Waals surface area contributed by atoms with Gasteiger partial charge in [0, 0.05) is 12.2 Å². The van der Waals surface area contributed by atoms with Crippen LogP contribution in [0.15, 0.2) is 18.5 Å². The summed E-state index contributed by atoms with van der Waals surface area (Å²) < 4.78 is 0. The molecule has 18 heavy (non-hydrogen) atoms. The highest BCUT2D eigenvalue weighted by molar-refractivity contribution is 5.85. The maximum absolute atomic E-state index is 11.7. The number of hydrogen-bond acceptors (Lipinski definition) is 5. The first-order valence-corrected chi connectivity index (χ1v) is 5.73. The summed E-state index contributed by atoms with van der Waals surface area (Å²) in [6.45, 7) is 1.67. The second-order valence-corrected chi connectivity index (χ2v) is 4.30. The Morgan fingerprint density at radius 3 is 2.94 bits per heavy atom. The second kappa shape index (κ2) is 4.99. The van der Waals surface area contributed by atoms with Gasteiger partial charge in [-0.2, -0.15) is 0 Å². The van der Waals surface area contributed by atoms with E-state index in [0.717, 1.165) is 19.0 Å². The van der Waals surface area contributed by atoms with Gasteiger partial charge in [-0.1, -0.05) is 0 Å². The summed E-state index contributed by atoms with van der Waals surface area (Å²) in [5.74, 6) is -0.149. The Hall–Kier alpha value is -2.18. The van der Waals surface area contributed by atoms with Crippen molar-refractivity contribution in [3.63, 3.8) is 0 Å². The summed E-state index contributed by atoms with van der Waals surface area (Å²) in [4.78, 5) is 25.7. The van der Waals surface area contributed by atoms with Gasteiger partial charge in [0.2, 0.25) is 5.91 Å². The first-order chi connectivity index (χ1) is 8.58. The summed E-state index contributed by atoms with van der Waals surface area (Å²) in [7, 11) is 0. The van der Waals surface area contributed by atoms with E-state index in [9.17, 15) is 14.9 Å². The highest BCUT2D eigenvalue weighted by atomic mass is 16.6. The fourth-order valence-electron chi connectivity index (χ4n) is 1.51. The Bertz CT molecular complexity index is 473. The van der Waals surface area contributed by atoms with Crippen molar-refractivity contribution in [1.29, 1.82) is 0 Å². The van der Waals surface area contributed by atoms with Gasteiger partial charge in [-0.15, -0.1) is 0 Å². The standard InChI is InChI=1S/C11H14N4O3/c1-7(11(16)14-8-2-3-8)13-9-4-5-12-6-10(9)15(17)18/h4-8H,2-3H2,1H3,(H,12,13)(H,14,16). The van der Waals surface area contributed by atoms with Crippen molar-refractivity contribution in [2.45, 2.75) is 31.8 Å². The topological polar surface area (TPSA) is 97.2 Å². The molecule has 1 aromatic heterocycles. The molecule has 1 atom stereocenters. The van der Waals surface area contributed by atoms with Crippen LogP contribution in [0, 0.1) is 10.1 Å². The lowest BCUT2D eigenvalue weighted by atomic mass is 10.2. The molecule has 1 saturated carbocycles. The summed E-state index contributed by atoms with van der Waals surface area (Å²) in [5, 5.41) is 16.5. The number of rotatable bonds is 5. The van der Waals surface area contributed by atoms with Crippen LogP contribution < -0.4 is 10.6 Å². The highest BCUT2D eigenvalue weighted by Crippen LogP contribution is 2.23. The fraction of sp³-hybridized carbons (Fsp3) is 0.455. The molecule has 96 valence electrons. The third-order valence-corrected chi connectivity index (χ3v) is 2.69. The smallest absolute Gasteiger partial charge is 0.310 e. The lowest BCUT2D eigenvalue weighted by molar-refractivity contribution is -0.384. The van der Waals surface area contributed by atoms with Crippen LogP contribution in [0.2, 0.25) is 0 Å². The number of nitrogens with zero attached hydrogens (tertiary/aromatic N) is 2. The molecule has 1 fully saturated rings. The fourth-order valence-corrected chi connectivity index (χ4v) is 1.51. The minimum absolute atomic E-state index is 0.136. The van der Waals surface area contributed by atoms with Crippen LogP contribution in [0.25, 0.3) is 0 Å². The number of carbonyl (C=O) groups excluding carboxylic acids is 1. The van der Waals surface area contributed by atoms with Crippen LogP contribution in [-0.4, -0.2) is 27.9 Å². The second-order valence-electron chi connectivity index (χ2n) is 4.30. The Morgan fingerprint density at radius 2 is 2.33 bits per heavy atom. The third-order valence-electron chi connectivity index (χ3n) is 2.69. The van der Waals surface area contributed by atoms with Crippen molar-refractivity contribution in [1.82, 2.24) is 10.3 Å². The van der Waals surface area contributed by atoms with Crippen LogP contribution in [0.3, 0.4) is 0 Å². The molecule has 0 aromatic carbocycles. The van der Waals surface area contributed by atoms with Gasteiger partial charge in [0.1, 0.15) is 17.9 Å². The summed E-state index contributed by atoms with van der Waals surface area (Å²) >= 11 is 0. The predicted molar refractivity (Wildman–Crippen MR) is 65.1 cm³/mol. The van der Waals surface area contributed by atoms with E-state index in [1.165, 1.54) is 12.3 Å².